The van der Waals surface area contributed by atoms with Crippen molar-refractivity contribution < 1.29 is 23.1 Å². The molecule has 1 saturated heterocycles. The minimum absolute atomic E-state index is 0.135. The van der Waals surface area contributed by atoms with Gasteiger partial charge in [0.15, 0.2) is 11.3 Å². The second-order valence-corrected chi connectivity index (χ2v) is 15.5. The molecule has 0 unspecified atom stereocenters. The summed E-state index contributed by atoms with van der Waals surface area (Å²) in [5.41, 5.74) is 3.73. The summed E-state index contributed by atoms with van der Waals surface area (Å²) in [6, 6.07) is 14.0. The van der Waals surface area contributed by atoms with Gasteiger partial charge in [-0.25, -0.2) is 37.9 Å². The maximum absolute atomic E-state index is 14.8. The predicted molar refractivity (Wildman–Crippen MR) is 201 cm³/mol. The molecule has 2 aliphatic heterocycles. The van der Waals surface area contributed by atoms with E-state index in [0.29, 0.717) is 77.3 Å². The summed E-state index contributed by atoms with van der Waals surface area (Å²) in [7, 11) is 0. The summed E-state index contributed by atoms with van der Waals surface area (Å²) in [6.45, 7) is 7.22. The van der Waals surface area contributed by atoms with Crippen molar-refractivity contribution in [3.05, 3.63) is 116 Å². The van der Waals surface area contributed by atoms with E-state index in [1.165, 1.54) is 22.9 Å². The summed E-state index contributed by atoms with van der Waals surface area (Å²) >= 11 is 3.40. The highest BCUT2D eigenvalue weighted by molar-refractivity contribution is 9.10. The van der Waals surface area contributed by atoms with Gasteiger partial charge in [-0.15, -0.1) is 0 Å². The summed E-state index contributed by atoms with van der Waals surface area (Å²) in [6.07, 6.45) is 4.49. The Morgan fingerprint density at radius 2 is 1.70 bits per heavy atom. The first-order chi connectivity index (χ1) is 25.9. The molecule has 2 aromatic carbocycles. The number of hydrogen-bond donors (Lipinski definition) is 0. The fourth-order valence-electron chi connectivity index (χ4n) is 7.52. The van der Waals surface area contributed by atoms with Crippen molar-refractivity contribution in [3.63, 3.8) is 0 Å². The van der Waals surface area contributed by atoms with Gasteiger partial charge >= 0.3 is 11.8 Å². The molecule has 8 rings (SSSR count). The van der Waals surface area contributed by atoms with Crippen molar-refractivity contribution in [2.24, 2.45) is 0 Å². The molecular weight excluding hydrogens is 762 g/mol. The number of nitrogens with zero attached hydrogens (tertiary/aromatic N) is 8. The van der Waals surface area contributed by atoms with Gasteiger partial charge in [0.2, 0.25) is 0 Å². The lowest BCUT2D eigenvalue weighted by molar-refractivity contribution is 0.0188. The lowest BCUT2D eigenvalue weighted by Crippen LogP contribution is -2.43. The Kier molecular flexibility index (Phi) is 9.07. The molecular formula is C39H37BrF2N8O4. The van der Waals surface area contributed by atoms with Gasteiger partial charge in [0.05, 0.1) is 25.0 Å². The molecule has 0 radical (unpaired) electrons. The van der Waals surface area contributed by atoms with E-state index in [-0.39, 0.29) is 36.8 Å². The molecule has 6 aromatic rings. The number of amides is 2. The number of pyridine rings is 1. The van der Waals surface area contributed by atoms with Crippen LogP contribution in [0.3, 0.4) is 0 Å². The number of rotatable bonds is 5. The molecule has 0 atom stereocenters. The minimum atomic E-state index is -0.648. The van der Waals surface area contributed by atoms with E-state index < -0.39 is 17.2 Å². The number of aromatic nitrogens is 6. The van der Waals surface area contributed by atoms with Crippen LogP contribution in [0.25, 0.3) is 28.0 Å². The number of likely N-dealkylation sites (tertiary alicyclic amines) is 1. The molecule has 278 valence electrons. The van der Waals surface area contributed by atoms with Crippen LogP contribution >= 0.6 is 15.9 Å². The lowest BCUT2D eigenvalue weighted by Gasteiger charge is -2.33. The highest BCUT2D eigenvalue weighted by atomic mass is 79.9. The Labute approximate surface area is 317 Å². The molecule has 0 saturated carbocycles. The Bertz CT molecular complexity index is 2500. The number of carbonyl (C=O) groups is 2. The first-order valence-electron chi connectivity index (χ1n) is 17.8. The lowest BCUT2D eigenvalue weighted by atomic mass is 10.0. The highest BCUT2D eigenvalue weighted by Crippen LogP contribution is 2.32. The molecule has 12 nitrogen and oxygen atoms in total. The van der Waals surface area contributed by atoms with Crippen molar-refractivity contribution >= 4 is 50.3 Å². The van der Waals surface area contributed by atoms with Gasteiger partial charge in [-0.05, 0) is 104 Å². The number of carbonyl (C=O) groups excluding carboxylic acids is 2. The van der Waals surface area contributed by atoms with Gasteiger partial charge in [0.25, 0.3) is 5.91 Å². The third-order valence-electron chi connectivity index (χ3n) is 10.0. The number of ether oxygens (including phenoxy) is 1. The van der Waals surface area contributed by atoms with E-state index >= 15 is 0 Å². The van der Waals surface area contributed by atoms with Gasteiger partial charge in [-0.2, -0.15) is 0 Å². The third kappa shape index (κ3) is 6.54. The third-order valence-corrected chi connectivity index (χ3v) is 10.4. The standard InChI is InChI=1S/C39H37BrF2N8O4/c1-39(2,3)54-38(53)46-16-12-27(13-17-46)50-35-34(44-20-32(40)45-35)49(37(50)52)26-10-7-23(8-11-26)36(51)47-18-14-28-29-5-4-15-43-33(29)48(31(28)22-47)21-24-6-9-25(41)19-30(24)42/h4-11,15,19-20,27H,12-14,16-18,21-22H2,1-3H3. The normalized spacial score (nSPS) is 15.2. The molecule has 0 aliphatic carbocycles. The van der Waals surface area contributed by atoms with Crippen LogP contribution in [0.5, 0.6) is 0 Å². The molecule has 0 N–H and O–H groups in total. The van der Waals surface area contributed by atoms with Crippen molar-refractivity contribution in [3.8, 4) is 5.69 Å². The topological polar surface area (TPSA) is 120 Å². The zero-order chi connectivity index (χ0) is 37.9. The summed E-state index contributed by atoms with van der Waals surface area (Å²) < 4.78 is 39.6. The smallest absolute Gasteiger partial charge is 0.410 e. The number of piperidine rings is 1. The zero-order valence-electron chi connectivity index (χ0n) is 29.9. The van der Waals surface area contributed by atoms with Gasteiger partial charge in [-0.1, -0.05) is 6.07 Å². The minimum Gasteiger partial charge on any atom is -0.444 e. The van der Waals surface area contributed by atoms with E-state index in [1.54, 1.807) is 44.8 Å². The molecule has 1 fully saturated rings. The van der Waals surface area contributed by atoms with Crippen molar-refractivity contribution in [2.75, 3.05) is 19.6 Å². The fourth-order valence-corrected chi connectivity index (χ4v) is 7.79. The SMILES string of the molecule is CC(C)(C)OC(=O)N1CCC(n2c(=O)n(-c3ccc(C(=O)N4CCc5c(n(Cc6ccc(F)cc6F)c6ncccc56)C4)cc3)c3ncc(Br)nc32)CC1. The van der Waals surface area contributed by atoms with Gasteiger partial charge < -0.3 is 19.1 Å². The fraction of sp³-hybridized carbons (Fsp3) is 0.333. The Balaban J connectivity index is 1.05. The number of halogens is 3. The van der Waals surface area contributed by atoms with Crippen LogP contribution < -0.4 is 5.69 Å². The predicted octanol–water partition coefficient (Wildman–Crippen LogP) is 6.79. The number of hydrogen-bond acceptors (Lipinski definition) is 7. The summed E-state index contributed by atoms with van der Waals surface area (Å²) in [5, 5.41) is 0.944. The van der Waals surface area contributed by atoms with E-state index in [0.717, 1.165) is 22.7 Å². The number of benzene rings is 2. The van der Waals surface area contributed by atoms with Crippen LogP contribution in [0.15, 0.2) is 76.4 Å². The second kappa shape index (κ2) is 13.8. The molecule has 2 amide bonds. The van der Waals surface area contributed by atoms with Crippen LogP contribution in [0, 0.1) is 11.6 Å². The van der Waals surface area contributed by atoms with E-state index in [9.17, 15) is 23.2 Å². The monoisotopic (exact) mass is 798 g/mol. The molecule has 6 heterocycles. The molecule has 0 spiro atoms. The average molecular weight is 800 g/mol. The summed E-state index contributed by atoms with van der Waals surface area (Å²) in [5.74, 6) is -1.49. The molecule has 0 bridgehead atoms. The first kappa shape index (κ1) is 35.6. The van der Waals surface area contributed by atoms with Crippen molar-refractivity contribution in [1.29, 1.82) is 0 Å². The number of imidazole rings is 1. The highest BCUT2D eigenvalue weighted by Gasteiger charge is 2.32. The van der Waals surface area contributed by atoms with Crippen LogP contribution in [0.2, 0.25) is 0 Å². The van der Waals surface area contributed by atoms with E-state index in [2.05, 4.69) is 30.9 Å². The van der Waals surface area contributed by atoms with Crippen LogP contribution in [0.1, 0.15) is 66.8 Å². The molecule has 54 heavy (non-hydrogen) atoms. The average Bonchev–Trinajstić information content (AvgIpc) is 3.61. The van der Waals surface area contributed by atoms with Gasteiger partial charge in [0.1, 0.15) is 27.5 Å². The van der Waals surface area contributed by atoms with Crippen LogP contribution in [-0.2, 0) is 24.2 Å². The quantitative estimate of drug-likeness (QED) is 0.188. The Morgan fingerprint density at radius 1 is 0.944 bits per heavy atom. The summed E-state index contributed by atoms with van der Waals surface area (Å²) in [4.78, 5) is 58.0. The van der Waals surface area contributed by atoms with Crippen LogP contribution in [-0.4, -0.2) is 75.7 Å². The van der Waals surface area contributed by atoms with Crippen LogP contribution in [0.4, 0.5) is 13.6 Å². The zero-order valence-corrected chi connectivity index (χ0v) is 31.5. The molecule has 2 aliphatic rings. The molecule has 4 aromatic heterocycles. The molecule has 15 heteroatoms. The maximum Gasteiger partial charge on any atom is 0.410 e. The van der Waals surface area contributed by atoms with Gasteiger partial charge in [-0.3, -0.25) is 9.36 Å². The largest absolute Gasteiger partial charge is 0.444 e. The Hall–Kier alpha value is -5.44. The van der Waals surface area contributed by atoms with Crippen molar-refractivity contribution in [2.45, 2.75) is 64.8 Å². The number of fused-ring (bicyclic) bond motifs is 4. The van der Waals surface area contributed by atoms with Crippen molar-refractivity contribution in [1.82, 2.24) is 38.5 Å². The Morgan fingerprint density at radius 3 is 2.43 bits per heavy atom. The van der Waals surface area contributed by atoms with E-state index in [1.807, 2.05) is 37.5 Å². The van der Waals surface area contributed by atoms with E-state index in [4.69, 9.17) is 4.74 Å². The van der Waals surface area contributed by atoms with Gasteiger partial charge in [0, 0.05) is 60.1 Å². The maximum atomic E-state index is 14.8. The second-order valence-electron chi connectivity index (χ2n) is 14.7. The first-order valence-corrected chi connectivity index (χ1v) is 18.6.